The fourth-order valence-electron chi connectivity index (χ4n) is 2.25. The molecule has 1 amide bonds. The number of Topliss-reactive ketones (excluding diaryl/α,β-unsaturated/α-hetero) is 1. The van der Waals surface area contributed by atoms with Crippen LogP contribution in [0.4, 0.5) is 13.9 Å². The van der Waals surface area contributed by atoms with Crippen molar-refractivity contribution < 1.29 is 18.4 Å². The first-order chi connectivity index (χ1) is 12.3. The van der Waals surface area contributed by atoms with Crippen LogP contribution in [0.25, 0.3) is 10.6 Å². The van der Waals surface area contributed by atoms with Gasteiger partial charge in [-0.1, -0.05) is 6.07 Å². The van der Waals surface area contributed by atoms with Crippen LogP contribution in [-0.2, 0) is 11.2 Å². The lowest BCUT2D eigenvalue weighted by Gasteiger charge is -2.04. The molecular formula is C17H13F2N3O2S2. The summed E-state index contributed by atoms with van der Waals surface area (Å²) < 4.78 is 27.2. The van der Waals surface area contributed by atoms with Crippen molar-refractivity contribution in [1.29, 1.82) is 0 Å². The van der Waals surface area contributed by atoms with Gasteiger partial charge in [-0.25, -0.2) is 18.7 Å². The van der Waals surface area contributed by atoms with E-state index in [1.807, 2.05) is 0 Å². The summed E-state index contributed by atoms with van der Waals surface area (Å²) in [7, 11) is 0. The van der Waals surface area contributed by atoms with E-state index >= 15 is 0 Å². The van der Waals surface area contributed by atoms with Crippen LogP contribution in [0.1, 0.15) is 28.0 Å². The molecule has 0 radical (unpaired) electrons. The summed E-state index contributed by atoms with van der Waals surface area (Å²) in [6.07, 6.45) is -0.429. The molecule has 0 saturated heterocycles. The largest absolute Gasteiger partial charge is 0.302 e. The average molecular weight is 393 g/mol. The molecule has 0 aliphatic rings. The van der Waals surface area contributed by atoms with Crippen LogP contribution in [0.15, 0.2) is 23.6 Å². The number of halogens is 2. The van der Waals surface area contributed by atoms with Crippen molar-refractivity contribution in [3.63, 3.8) is 0 Å². The number of carbonyl (C=O) groups is 2. The van der Waals surface area contributed by atoms with Gasteiger partial charge in [0.25, 0.3) is 0 Å². The van der Waals surface area contributed by atoms with E-state index in [-0.39, 0.29) is 11.3 Å². The maximum Gasteiger partial charge on any atom is 0.230 e. The molecule has 2 heterocycles. The number of nitrogens with one attached hydrogen (secondary N) is 1. The van der Waals surface area contributed by atoms with E-state index in [9.17, 15) is 18.4 Å². The fourth-order valence-corrected chi connectivity index (χ4v) is 3.96. The van der Waals surface area contributed by atoms with Crippen molar-refractivity contribution in [2.45, 2.75) is 20.3 Å². The standard InChI is InChI=1S/C17H13F2N3O2S2/c1-8-15(26-16(20-8)9(2)23)13-7-25-17(21-13)22-14(24)6-10-11(18)4-3-5-12(10)19/h3-5,7H,6H2,1-2H3,(H,21,22,24). The van der Waals surface area contributed by atoms with E-state index in [4.69, 9.17) is 0 Å². The Kier molecular flexibility index (Phi) is 5.19. The lowest BCUT2D eigenvalue weighted by Crippen LogP contribution is -2.16. The highest BCUT2D eigenvalue weighted by Crippen LogP contribution is 2.32. The molecule has 3 aromatic rings. The molecule has 0 saturated carbocycles. The lowest BCUT2D eigenvalue weighted by atomic mass is 10.1. The second-order valence-electron chi connectivity index (χ2n) is 5.45. The number of aryl methyl sites for hydroxylation is 1. The van der Waals surface area contributed by atoms with Gasteiger partial charge in [0.2, 0.25) is 5.91 Å². The second kappa shape index (κ2) is 7.38. The normalized spacial score (nSPS) is 10.8. The van der Waals surface area contributed by atoms with Crippen LogP contribution < -0.4 is 5.32 Å². The van der Waals surface area contributed by atoms with Crippen molar-refractivity contribution in [3.8, 4) is 10.6 Å². The predicted octanol–water partition coefficient (Wildman–Crippen LogP) is 4.24. The SMILES string of the molecule is CC(=O)c1nc(C)c(-c2csc(NC(=O)Cc3c(F)cccc3F)n2)s1. The van der Waals surface area contributed by atoms with Crippen LogP contribution >= 0.6 is 22.7 Å². The van der Waals surface area contributed by atoms with Crippen LogP contribution in [0.5, 0.6) is 0 Å². The maximum atomic E-state index is 13.6. The van der Waals surface area contributed by atoms with Crippen LogP contribution in [-0.4, -0.2) is 21.7 Å². The molecule has 0 fully saturated rings. The highest BCUT2D eigenvalue weighted by Gasteiger charge is 2.17. The minimum Gasteiger partial charge on any atom is -0.302 e. The zero-order valence-corrected chi connectivity index (χ0v) is 15.4. The number of amides is 1. The summed E-state index contributed by atoms with van der Waals surface area (Å²) in [4.78, 5) is 32.7. The topological polar surface area (TPSA) is 72.0 Å². The molecular weight excluding hydrogens is 380 g/mol. The second-order valence-corrected chi connectivity index (χ2v) is 7.31. The fraction of sp³-hybridized carbons (Fsp3) is 0.176. The average Bonchev–Trinajstić information content (AvgIpc) is 3.17. The number of carbonyl (C=O) groups excluding carboxylic acids is 2. The number of ketones is 1. The molecule has 1 aromatic carbocycles. The summed E-state index contributed by atoms with van der Waals surface area (Å²) in [6, 6.07) is 3.45. The predicted molar refractivity (Wildman–Crippen MR) is 96.7 cm³/mol. The first-order valence-electron chi connectivity index (χ1n) is 7.52. The number of rotatable bonds is 5. The number of aromatic nitrogens is 2. The van der Waals surface area contributed by atoms with Crippen molar-refractivity contribution >= 4 is 39.5 Å². The number of nitrogens with zero attached hydrogens (tertiary/aromatic N) is 2. The lowest BCUT2D eigenvalue weighted by molar-refractivity contribution is -0.115. The highest BCUT2D eigenvalue weighted by atomic mass is 32.1. The Morgan fingerprint density at radius 2 is 1.88 bits per heavy atom. The number of anilines is 1. The van der Waals surface area contributed by atoms with Gasteiger partial charge in [-0.3, -0.25) is 9.59 Å². The molecule has 3 rings (SSSR count). The van der Waals surface area contributed by atoms with Crippen LogP contribution in [0.3, 0.4) is 0 Å². The van der Waals surface area contributed by atoms with E-state index in [0.717, 1.165) is 17.0 Å². The van der Waals surface area contributed by atoms with E-state index in [0.29, 0.717) is 21.5 Å². The molecule has 0 bridgehead atoms. The van der Waals surface area contributed by atoms with Crippen molar-refractivity contribution in [3.05, 3.63) is 51.5 Å². The zero-order valence-electron chi connectivity index (χ0n) is 13.8. The Hall–Kier alpha value is -2.52. The van der Waals surface area contributed by atoms with Gasteiger partial charge in [-0.05, 0) is 19.1 Å². The quantitative estimate of drug-likeness (QED) is 0.658. The van der Waals surface area contributed by atoms with E-state index in [2.05, 4.69) is 15.3 Å². The number of thiazole rings is 2. The molecule has 134 valence electrons. The third-order valence-corrected chi connectivity index (χ3v) is 5.52. The Morgan fingerprint density at radius 1 is 1.19 bits per heavy atom. The minimum absolute atomic E-state index is 0.125. The maximum absolute atomic E-state index is 13.6. The molecule has 0 aliphatic heterocycles. The van der Waals surface area contributed by atoms with Gasteiger partial charge >= 0.3 is 0 Å². The first-order valence-corrected chi connectivity index (χ1v) is 9.21. The summed E-state index contributed by atoms with van der Waals surface area (Å²) in [5.41, 5.74) is 0.979. The first kappa shape index (κ1) is 18.3. The Labute approximate surface area is 155 Å². The van der Waals surface area contributed by atoms with Gasteiger partial charge < -0.3 is 5.32 Å². The van der Waals surface area contributed by atoms with Gasteiger partial charge in [0.1, 0.15) is 11.6 Å². The minimum atomic E-state index is -0.767. The highest BCUT2D eigenvalue weighted by molar-refractivity contribution is 7.18. The van der Waals surface area contributed by atoms with Gasteiger partial charge in [-0.15, -0.1) is 22.7 Å². The molecule has 5 nitrogen and oxygen atoms in total. The van der Waals surface area contributed by atoms with Crippen LogP contribution in [0, 0.1) is 18.6 Å². The monoisotopic (exact) mass is 393 g/mol. The summed E-state index contributed by atoms with van der Waals surface area (Å²) in [5.74, 6) is -2.23. The summed E-state index contributed by atoms with van der Waals surface area (Å²) in [6.45, 7) is 3.22. The zero-order chi connectivity index (χ0) is 18.8. The van der Waals surface area contributed by atoms with E-state index in [1.54, 1.807) is 12.3 Å². The van der Waals surface area contributed by atoms with Crippen molar-refractivity contribution in [2.24, 2.45) is 0 Å². The van der Waals surface area contributed by atoms with Gasteiger partial charge in [-0.2, -0.15) is 0 Å². The Bertz CT molecular complexity index is 978. The molecule has 0 unspecified atom stereocenters. The van der Waals surface area contributed by atoms with Crippen LogP contribution in [0.2, 0.25) is 0 Å². The summed E-state index contributed by atoms with van der Waals surface area (Å²) >= 11 is 2.41. The van der Waals surface area contributed by atoms with Gasteiger partial charge in [0.05, 0.1) is 22.7 Å². The third-order valence-electron chi connectivity index (χ3n) is 3.48. The van der Waals surface area contributed by atoms with E-state index < -0.39 is 24.0 Å². The molecule has 0 aliphatic carbocycles. The molecule has 0 atom stereocenters. The van der Waals surface area contributed by atoms with Gasteiger partial charge in [0.15, 0.2) is 15.9 Å². The summed E-state index contributed by atoms with van der Waals surface area (Å²) in [5, 5.41) is 4.96. The number of hydrogen-bond donors (Lipinski definition) is 1. The van der Waals surface area contributed by atoms with E-state index in [1.165, 1.54) is 35.7 Å². The Balaban J connectivity index is 1.74. The number of hydrogen-bond acceptors (Lipinski definition) is 6. The molecule has 1 N–H and O–H groups in total. The van der Waals surface area contributed by atoms with Crippen molar-refractivity contribution in [2.75, 3.05) is 5.32 Å². The van der Waals surface area contributed by atoms with Crippen molar-refractivity contribution in [1.82, 2.24) is 9.97 Å². The molecule has 0 spiro atoms. The molecule has 2 aromatic heterocycles. The third kappa shape index (κ3) is 3.83. The Morgan fingerprint density at radius 3 is 2.50 bits per heavy atom. The smallest absolute Gasteiger partial charge is 0.230 e. The molecule has 26 heavy (non-hydrogen) atoms. The molecule has 9 heteroatoms. The van der Waals surface area contributed by atoms with Gasteiger partial charge in [0, 0.05) is 17.9 Å². The number of benzene rings is 1.